The normalized spacial score (nSPS) is 23.2. The molecule has 72 valence electrons. The Balaban J connectivity index is 2.63. The molecule has 0 radical (unpaired) electrons. The number of rotatable bonds is 0. The van der Waals surface area contributed by atoms with Crippen molar-refractivity contribution in [3.05, 3.63) is 15.6 Å². The summed E-state index contributed by atoms with van der Waals surface area (Å²) in [4.78, 5) is 5.82. The highest BCUT2D eigenvalue weighted by Crippen LogP contribution is 2.48. The van der Waals surface area contributed by atoms with Crippen LogP contribution in [0.1, 0.15) is 43.3 Å². The zero-order valence-corrected chi connectivity index (χ0v) is 9.58. The fraction of sp³-hybridized carbons (Fsp3) is 0.700. The molecule has 1 aliphatic heterocycles. The lowest BCUT2D eigenvalue weighted by Crippen LogP contribution is -2.23. The molecular weight excluding hydrogens is 182 g/mol. The van der Waals surface area contributed by atoms with E-state index in [4.69, 9.17) is 4.74 Å². The van der Waals surface area contributed by atoms with E-state index in [9.17, 15) is 0 Å². The minimum Gasteiger partial charge on any atom is -0.358 e. The van der Waals surface area contributed by atoms with Gasteiger partial charge < -0.3 is 4.74 Å². The first-order chi connectivity index (χ1) is 5.83. The molecule has 2 nitrogen and oxygen atoms in total. The van der Waals surface area contributed by atoms with Crippen LogP contribution in [-0.2, 0) is 15.9 Å². The predicted octanol–water partition coefficient (Wildman–Crippen LogP) is 2.95. The molecule has 2 heterocycles. The molecule has 1 aromatic rings. The standard InChI is InChI=1S/C10H15NOS/c1-6-11-7-8(13-6)10(4,5)12-9(7,2)3/h1-5H3. The van der Waals surface area contributed by atoms with Crippen molar-refractivity contribution < 1.29 is 4.74 Å². The number of aromatic nitrogens is 1. The van der Waals surface area contributed by atoms with Gasteiger partial charge >= 0.3 is 0 Å². The molecule has 0 N–H and O–H groups in total. The topological polar surface area (TPSA) is 22.1 Å². The Morgan fingerprint density at radius 2 is 1.77 bits per heavy atom. The highest BCUT2D eigenvalue weighted by atomic mass is 32.1. The summed E-state index contributed by atoms with van der Waals surface area (Å²) < 4.78 is 5.95. The van der Waals surface area contributed by atoms with Gasteiger partial charge in [0.1, 0.15) is 5.60 Å². The minimum absolute atomic E-state index is 0.162. The first-order valence-electron chi connectivity index (χ1n) is 4.51. The molecule has 3 heteroatoms. The maximum atomic E-state index is 5.95. The molecule has 2 rings (SSSR count). The van der Waals surface area contributed by atoms with Crippen LogP contribution in [0.5, 0.6) is 0 Å². The number of fused-ring (bicyclic) bond motifs is 1. The van der Waals surface area contributed by atoms with Crippen molar-refractivity contribution in [3.63, 3.8) is 0 Å². The van der Waals surface area contributed by atoms with Crippen LogP contribution in [0.2, 0.25) is 0 Å². The van der Waals surface area contributed by atoms with Crippen LogP contribution in [0, 0.1) is 6.92 Å². The van der Waals surface area contributed by atoms with Crippen LogP contribution in [0.3, 0.4) is 0 Å². The third-order valence-electron chi connectivity index (χ3n) is 2.36. The molecule has 0 fully saturated rings. The third-order valence-corrected chi connectivity index (χ3v) is 3.64. The molecule has 1 aliphatic rings. The molecule has 0 aliphatic carbocycles. The molecule has 0 amide bonds. The lowest BCUT2D eigenvalue weighted by atomic mass is 10.0. The van der Waals surface area contributed by atoms with Crippen molar-refractivity contribution in [2.45, 2.75) is 45.8 Å². The van der Waals surface area contributed by atoms with Gasteiger partial charge in [0, 0.05) is 0 Å². The zero-order chi connectivity index (χ0) is 9.85. The number of aryl methyl sites for hydroxylation is 1. The van der Waals surface area contributed by atoms with Gasteiger partial charge in [0.25, 0.3) is 0 Å². The van der Waals surface area contributed by atoms with E-state index < -0.39 is 0 Å². The number of hydrogen-bond donors (Lipinski definition) is 0. The number of nitrogens with zero attached hydrogens (tertiary/aromatic N) is 1. The Kier molecular flexibility index (Phi) is 1.65. The van der Waals surface area contributed by atoms with Gasteiger partial charge in [-0.3, -0.25) is 0 Å². The molecule has 13 heavy (non-hydrogen) atoms. The van der Waals surface area contributed by atoms with Gasteiger partial charge in [0.15, 0.2) is 0 Å². The summed E-state index contributed by atoms with van der Waals surface area (Å²) in [6, 6.07) is 0. The van der Waals surface area contributed by atoms with Crippen molar-refractivity contribution in [2.75, 3.05) is 0 Å². The summed E-state index contributed by atoms with van der Waals surface area (Å²) in [5, 5.41) is 1.13. The van der Waals surface area contributed by atoms with Gasteiger partial charge in [-0.25, -0.2) is 4.98 Å². The molecule has 1 aromatic heterocycles. The van der Waals surface area contributed by atoms with Gasteiger partial charge in [0.05, 0.1) is 21.2 Å². The van der Waals surface area contributed by atoms with Crippen molar-refractivity contribution in [1.82, 2.24) is 4.98 Å². The monoisotopic (exact) mass is 197 g/mol. The predicted molar refractivity (Wildman–Crippen MR) is 54.0 cm³/mol. The Morgan fingerprint density at radius 1 is 1.15 bits per heavy atom. The molecule has 0 saturated heterocycles. The maximum absolute atomic E-state index is 5.95. The minimum atomic E-state index is -0.219. The summed E-state index contributed by atoms with van der Waals surface area (Å²) in [5.41, 5.74) is 0.744. The van der Waals surface area contributed by atoms with Crippen LogP contribution in [-0.4, -0.2) is 4.98 Å². The molecule has 0 atom stereocenters. The average molecular weight is 197 g/mol. The van der Waals surface area contributed by atoms with E-state index in [1.54, 1.807) is 11.3 Å². The molecule has 0 bridgehead atoms. The second-order valence-corrected chi connectivity index (χ2v) is 5.74. The third kappa shape index (κ3) is 1.22. The summed E-state index contributed by atoms with van der Waals surface area (Å²) in [6.07, 6.45) is 0. The molecular formula is C10H15NOS. The largest absolute Gasteiger partial charge is 0.358 e. The van der Waals surface area contributed by atoms with E-state index in [2.05, 4.69) is 39.6 Å². The Labute approximate surface area is 83.0 Å². The summed E-state index contributed by atoms with van der Waals surface area (Å²) >= 11 is 1.75. The quantitative estimate of drug-likeness (QED) is 0.638. The van der Waals surface area contributed by atoms with E-state index in [-0.39, 0.29) is 11.2 Å². The molecule has 0 saturated carbocycles. The van der Waals surface area contributed by atoms with Crippen LogP contribution >= 0.6 is 11.3 Å². The van der Waals surface area contributed by atoms with Gasteiger partial charge in [-0.2, -0.15) is 0 Å². The van der Waals surface area contributed by atoms with Crippen LogP contribution < -0.4 is 0 Å². The summed E-state index contributed by atoms with van der Waals surface area (Å²) in [6.45, 7) is 10.4. The first-order valence-corrected chi connectivity index (χ1v) is 5.33. The van der Waals surface area contributed by atoms with Gasteiger partial charge in [-0.15, -0.1) is 11.3 Å². The number of hydrogen-bond acceptors (Lipinski definition) is 3. The Bertz CT molecular complexity index is 320. The SMILES string of the molecule is Cc1nc2c(s1)C(C)(C)OC2(C)C. The fourth-order valence-electron chi connectivity index (χ4n) is 1.98. The molecule has 0 unspecified atom stereocenters. The first kappa shape index (κ1) is 9.16. The van der Waals surface area contributed by atoms with E-state index in [0.29, 0.717) is 0 Å². The smallest absolute Gasteiger partial charge is 0.107 e. The van der Waals surface area contributed by atoms with Gasteiger partial charge in [-0.1, -0.05) is 0 Å². The van der Waals surface area contributed by atoms with Crippen LogP contribution in [0.25, 0.3) is 0 Å². The number of thiazole rings is 1. The van der Waals surface area contributed by atoms with E-state index in [0.717, 1.165) is 10.7 Å². The van der Waals surface area contributed by atoms with E-state index in [1.165, 1.54) is 4.88 Å². The van der Waals surface area contributed by atoms with Crippen molar-refractivity contribution in [1.29, 1.82) is 0 Å². The summed E-state index contributed by atoms with van der Waals surface area (Å²) in [5.74, 6) is 0. The lowest BCUT2D eigenvalue weighted by molar-refractivity contribution is -0.105. The zero-order valence-electron chi connectivity index (χ0n) is 8.76. The van der Waals surface area contributed by atoms with Crippen LogP contribution in [0.4, 0.5) is 0 Å². The molecule has 0 spiro atoms. The van der Waals surface area contributed by atoms with Crippen LogP contribution in [0.15, 0.2) is 0 Å². The summed E-state index contributed by atoms with van der Waals surface area (Å²) in [7, 11) is 0. The van der Waals surface area contributed by atoms with Gasteiger partial charge in [0.2, 0.25) is 0 Å². The fourth-order valence-corrected chi connectivity index (χ4v) is 3.08. The Morgan fingerprint density at radius 3 is 2.31 bits per heavy atom. The van der Waals surface area contributed by atoms with E-state index >= 15 is 0 Å². The van der Waals surface area contributed by atoms with E-state index in [1.807, 2.05) is 0 Å². The molecule has 0 aromatic carbocycles. The average Bonchev–Trinajstić information content (AvgIpc) is 2.34. The van der Waals surface area contributed by atoms with Crippen molar-refractivity contribution >= 4 is 11.3 Å². The second-order valence-electron chi connectivity index (χ2n) is 4.53. The maximum Gasteiger partial charge on any atom is 0.107 e. The lowest BCUT2D eigenvalue weighted by Gasteiger charge is -2.24. The van der Waals surface area contributed by atoms with Crippen molar-refractivity contribution in [3.8, 4) is 0 Å². The highest BCUT2D eigenvalue weighted by Gasteiger charge is 2.45. The Hall–Kier alpha value is -0.410. The van der Waals surface area contributed by atoms with Gasteiger partial charge in [-0.05, 0) is 34.6 Å². The van der Waals surface area contributed by atoms with Crippen molar-refractivity contribution in [2.24, 2.45) is 0 Å². The highest BCUT2D eigenvalue weighted by molar-refractivity contribution is 7.11. The second kappa shape index (κ2) is 2.34. The number of ether oxygens (including phenoxy) is 1.